The van der Waals surface area contributed by atoms with Gasteiger partial charge in [-0.3, -0.25) is 4.79 Å². The quantitative estimate of drug-likeness (QED) is 0.345. The van der Waals surface area contributed by atoms with Crippen LogP contribution in [0.1, 0.15) is 53.8 Å². The zero-order chi connectivity index (χ0) is 22.7. The zero-order valence-corrected chi connectivity index (χ0v) is 20.0. The van der Waals surface area contributed by atoms with Crippen LogP contribution in [0.3, 0.4) is 0 Å². The van der Waals surface area contributed by atoms with E-state index in [1.54, 1.807) is 0 Å². The van der Waals surface area contributed by atoms with Gasteiger partial charge in [-0.15, -0.1) is 21.5 Å². The number of nitrogens with one attached hydrogen (secondary N) is 1. The lowest BCUT2D eigenvalue weighted by atomic mass is 10.0. The van der Waals surface area contributed by atoms with Crippen LogP contribution in [0.5, 0.6) is 0 Å². The van der Waals surface area contributed by atoms with Gasteiger partial charge < -0.3 is 14.6 Å². The van der Waals surface area contributed by atoms with E-state index in [0.29, 0.717) is 16.5 Å². The number of anilines is 1. The maximum atomic E-state index is 12.7. The van der Waals surface area contributed by atoms with E-state index < -0.39 is 5.97 Å². The van der Waals surface area contributed by atoms with Crippen LogP contribution >= 0.6 is 23.1 Å². The van der Waals surface area contributed by atoms with E-state index in [1.165, 1.54) is 30.2 Å². The standard InChI is InChI=1S/C23H26N4O3S2/c1-4-11-27-20(16-9-10-16)25-26-23(27)32-13-18(28)24-21-19(22(29)30-3)17(12-31-21)15-7-5-14(2)6-8-15/h5-8,12,16H,4,9-11,13H2,1-3H3,(H,24,28). The molecular formula is C23H26N4O3S2. The summed E-state index contributed by atoms with van der Waals surface area (Å²) >= 11 is 2.69. The molecule has 3 aromatic rings. The minimum atomic E-state index is -0.471. The topological polar surface area (TPSA) is 86.1 Å². The second-order valence-corrected chi connectivity index (χ2v) is 9.64. The van der Waals surface area contributed by atoms with Crippen molar-refractivity contribution in [3.63, 3.8) is 0 Å². The van der Waals surface area contributed by atoms with Crippen molar-refractivity contribution in [2.24, 2.45) is 0 Å². The lowest BCUT2D eigenvalue weighted by molar-refractivity contribution is -0.113. The molecule has 1 saturated carbocycles. The Labute approximate surface area is 195 Å². The number of carbonyl (C=O) groups excluding carboxylic acids is 2. The van der Waals surface area contributed by atoms with Crippen molar-refractivity contribution in [3.05, 3.63) is 46.6 Å². The molecule has 32 heavy (non-hydrogen) atoms. The van der Waals surface area contributed by atoms with Crippen LogP contribution in [0.15, 0.2) is 34.8 Å². The highest BCUT2D eigenvalue weighted by Crippen LogP contribution is 2.40. The van der Waals surface area contributed by atoms with Crippen molar-refractivity contribution in [2.45, 2.75) is 50.7 Å². The summed E-state index contributed by atoms with van der Waals surface area (Å²) in [7, 11) is 1.35. The number of amides is 1. The van der Waals surface area contributed by atoms with Gasteiger partial charge in [-0.25, -0.2) is 4.79 Å². The minimum absolute atomic E-state index is 0.185. The van der Waals surface area contributed by atoms with Crippen molar-refractivity contribution in [2.75, 3.05) is 18.2 Å². The highest BCUT2D eigenvalue weighted by molar-refractivity contribution is 7.99. The van der Waals surface area contributed by atoms with Crippen LogP contribution in [-0.2, 0) is 16.1 Å². The Morgan fingerprint density at radius 3 is 2.66 bits per heavy atom. The SMILES string of the molecule is CCCn1c(SCC(=O)Nc2scc(-c3ccc(C)cc3)c2C(=O)OC)nnc1C1CC1. The Morgan fingerprint density at radius 2 is 2.00 bits per heavy atom. The third-order valence-electron chi connectivity index (χ3n) is 5.26. The number of carbonyl (C=O) groups is 2. The first-order valence-corrected chi connectivity index (χ1v) is 12.5. The summed E-state index contributed by atoms with van der Waals surface area (Å²) < 4.78 is 7.13. The molecule has 0 saturated heterocycles. The average molecular weight is 471 g/mol. The van der Waals surface area contributed by atoms with E-state index in [0.717, 1.165) is 53.5 Å². The van der Waals surface area contributed by atoms with Crippen molar-refractivity contribution < 1.29 is 14.3 Å². The number of esters is 1. The van der Waals surface area contributed by atoms with Gasteiger partial charge in [0.05, 0.1) is 12.9 Å². The Kier molecular flexibility index (Phi) is 6.95. The summed E-state index contributed by atoms with van der Waals surface area (Å²) in [5.41, 5.74) is 3.17. The number of thiophene rings is 1. The molecule has 1 N–H and O–H groups in total. The summed E-state index contributed by atoms with van der Waals surface area (Å²) in [4.78, 5) is 25.2. The summed E-state index contributed by atoms with van der Waals surface area (Å²) in [5, 5.41) is 14.7. The molecule has 2 aromatic heterocycles. The first-order chi connectivity index (χ1) is 15.5. The fourth-order valence-electron chi connectivity index (χ4n) is 3.48. The van der Waals surface area contributed by atoms with Gasteiger partial charge in [0.1, 0.15) is 16.4 Å². The Morgan fingerprint density at radius 1 is 1.25 bits per heavy atom. The molecule has 0 atom stereocenters. The highest BCUT2D eigenvalue weighted by atomic mass is 32.2. The Hall–Kier alpha value is -2.65. The summed E-state index contributed by atoms with van der Waals surface area (Å²) in [6.07, 6.45) is 3.30. The predicted molar refractivity (Wildman–Crippen MR) is 127 cm³/mol. The average Bonchev–Trinajstić information content (AvgIpc) is 3.43. The molecule has 1 aliphatic carbocycles. The molecule has 0 aliphatic heterocycles. The molecule has 9 heteroatoms. The van der Waals surface area contributed by atoms with Gasteiger partial charge in [-0.05, 0) is 31.7 Å². The number of benzene rings is 1. The smallest absolute Gasteiger partial charge is 0.341 e. The van der Waals surface area contributed by atoms with Gasteiger partial charge in [0.2, 0.25) is 5.91 Å². The fraction of sp³-hybridized carbons (Fsp3) is 0.391. The molecule has 2 heterocycles. The number of ether oxygens (including phenoxy) is 1. The van der Waals surface area contributed by atoms with Crippen LogP contribution in [0, 0.1) is 6.92 Å². The van der Waals surface area contributed by atoms with Crippen LogP contribution in [-0.4, -0.2) is 39.5 Å². The van der Waals surface area contributed by atoms with Crippen LogP contribution in [0.25, 0.3) is 11.1 Å². The van der Waals surface area contributed by atoms with Crippen LogP contribution in [0.4, 0.5) is 5.00 Å². The maximum absolute atomic E-state index is 12.7. The van der Waals surface area contributed by atoms with Gasteiger partial charge >= 0.3 is 5.97 Å². The number of aryl methyl sites for hydroxylation is 1. The molecular weight excluding hydrogens is 444 g/mol. The molecule has 0 radical (unpaired) electrons. The van der Waals surface area contributed by atoms with Gasteiger partial charge in [0.15, 0.2) is 5.16 Å². The van der Waals surface area contributed by atoms with E-state index in [4.69, 9.17) is 4.74 Å². The van der Waals surface area contributed by atoms with Crippen molar-refractivity contribution in [1.82, 2.24) is 14.8 Å². The van der Waals surface area contributed by atoms with Gasteiger partial charge in [0.25, 0.3) is 0 Å². The van der Waals surface area contributed by atoms with E-state index in [2.05, 4.69) is 27.0 Å². The largest absolute Gasteiger partial charge is 0.465 e. The maximum Gasteiger partial charge on any atom is 0.341 e. The molecule has 168 valence electrons. The third-order valence-corrected chi connectivity index (χ3v) is 7.13. The van der Waals surface area contributed by atoms with E-state index in [9.17, 15) is 9.59 Å². The first-order valence-electron chi connectivity index (χ1n) is 10.6. The van der Waals surface area contributed by atoms with Crippen LogP contribution in [0.2, 0.25) is 0 Å². The second kappa shape index (κ2) is 9.87. The number of rotatable bonds is 9. The van der Waals surface area contributed by atoms with Crippen LogP contribution < -0.4 is 5.32 Å². The Bertz CT molecular complexity index is 1120. The lowest BCUT2D eigenvalue weighted by Gasteiger charge is -2.09. The number of aromatic nitrogens is 3. The first kappa shape index (κ1) is 22.5. The Balaban J connectivity index is 1.49. The zero-order valence-electron chi connectivity index (χ0n) is 18.4. The minimum Gasteiger partial charge on any atom is -0.465 e. The van der Waals surface area contributed by atoms with E-state index >= 15 is 0 Å². The third kappa shape index (κ3) is 4.88. The molecule has 0 spiro atoms. The fourth-order valence-corrected chi connectivity index (χ4v) is 5.22. The molecule has 1 fully saturated rings. The summed E-state index contributed by atoms with van der Waals surface area (Å²) in [6.45, 7) is 4.98. The van der Waals surface area contributed by atoms with Crippen molar-refractivity contribution in [1.29, 1.82) is 0 Å². The normalized spacial score (nSPS) is 13.2. The summed E-state index contributed by atoms with van der Waals surface area (Å²) in [5.74, 6) is 1.05. The second-order valence-electron chi connectivity index (χ2n) is 7.81. The number of hydrogen-bond acceptors (Lipinski definition) is 7. The molecule has 0 bridgehead atoms. The van der Waals surface area contributed by atoms with Crippen molar-refractivity contribution >= 4 is 40.0 Å². The summed E-state index contributed by atoms with van der Waals surface area (Å²) in [6, 6.07) is 7.91. The number of nitrogens with zero attached hydrogens (tertiary/aromatic N) is 3. The highest BCUT2D eigenvalue weighted by Gasteiger charge is 2.30. The molecule has 4 rings (SSSR count). The van der Waals surface area contributed by atoms with Crippen molar-refractivity contribution in [3.8, 4) is 11.1 Å². The van der Waals surface area contributed by atoms with Gasteiger partial charge in [-0.1, -0.05) is 48.5 Å². The van der Waals surface area contributed by atoms with Gasteiger partial charge in [0, 0.05) is 23.4 Å². The molecule has 1 amide bonds. The predicted octanol–water partition coefficient (Wildman–Crippen LogP) is 5.12. The molecule has 0 unspecified atom stereocenters. The molecule has 1 aromatic carbocycles. The lowest BCUT2D eigenvalue weighted by Crippen LogP contribution is -2.16. The number of methoxy groups -OCH3 is 1. The number of hydrogen-bond donors (Lipinski definition) is 1. The van der Waals surface area contributed by atoms with Gasteiger partial charge in [-0.2, -0.15) is 0 Å². The molecule has 1 aliphatic rings. The molecule has 7 nitrogen and oxygen atoms in total. The number of thioether (sulfide) groups is 1. The van der Waals surface area contributed by atoms with E-state index in [1.807, 2.05) is 36.6 Å². The van der Waals surface area contributed by atoms with E-state index in [-0.39, 0.29) is 11.7 Å². The monoisotopic (exact) mass is 470 g/mol.